The molecule has 0 aromatic carbocycles. The second-order valence-electron chi connectivity index (χ2n) is 4.28. The Morgan fingerprint density at radius 1 is 1.71 bits per heavy atom. The van der Waals surface area contributed by atoms with Crippen LogP contribution < -0.4 is 0 Å². The quantitative estimate of drug-likeness (QED) is 0.778. The largest absolute Gasteiger partial charge is 0.390 e. The highest BCUT2D eigenvalue weighted by Gasteiger charge is 2.30. The molecule has 1 aliphatic heterocycles. The molecule has 14 heavy (non-hydrogen) atoms. The molecule has 78 valence electrons. The standard InChI is InChI=1S/C10H16N2O2/c1-10(2-3-14-7-10)6-12-8-11-4-9(12)5-13/h4,8,13H,2-3,5-7H2,1H3. The predicted octanol–water partition coefficient (Wildman–Crippen LogP) is 0.802. The minimum absolute atomic E-state index is 0.0525. The van der Waals surface area contributed by atoms with Gasteiger partial charge in [-0.3, -0.25) is 0 Å². The Balaban J connectivity index is 2.09. The average Bonchev–Trinajstić information content (AvgIpc) is 2.75. The van der Waals surface area contributed by atoms with E-state index in [1.807, 2.05) is 4.57 Å². The monoisotopic (exact) mass is 196 g/mol. The van der Waals surface area contributed by atoms with E-state index in [0.29, 0.717) is 0 Å². The van der Waals surface area contributed by atoms with Crippen LogP contribution in [-0.2, 0) is 17.9 Å². The summed E-state index contributed by atoms with van der Waals surface area (Å²) in [7, 11) is 0. The van der Waals surface area contributed by atoms with Crippen LogP contribution in [0.15, 0.2) is 12.5 Å². The Labute approximate surface area is 83.5 Å². The fourth-order valence-corrected chi connectivity index (χ4v) is 1.87. The lowest BCUT2D eigenvalue weighted by atomic mass is 9.90. The smallest absolute Gasteiger partial charge is 0.0949 e. The number of aliphatic hydroxyl groups is 1. The summed E-state index contributed by atoms with van der Waals surface area (Å²) in [5.74, 6) is 0. The molecule has 1 atom stereocenters. The van der Waals surface area contributed by atoms with Crippen LogP contribution in [0.1, 0.15) is 19.0 Å². The predicted molar refractivity (Wildman–Crippen MR) is 51.7 cm³/mol. The van der Waals surface area contributed by atoms with Gasteiger partial charge in [0.1, 0.15) is 0 Å². The van der Waals surface area contributed by atoms with Crippen molar-refractivity contribution >= 4 is 0 Å². The molecule has 1 aliphatic rings. The Morgan fingerprint density at radius 2 is 2.57 bits per heavy atom. The van der Waals surface area contributed by atoms with Gasteiger partial charge in [-0.1, -0.05) is 6.92 Å². The molecule has 1 fully saturated rings. The number of rotatable bonds is 3. The normalized spacial score (nSPS) is 27.0. The maximum atomic E-state index is 9.07. The molecule has 0 aliphatic carbocycles. The van der Waals surface area contributed by atoms with Crippen LogP contribution >= 0.6 is 0 Å². The topological polar surface area (TPSA) is 47.3 Å². The lowest BCUT2D eigenvalue weighted by Crippen LogP contribution is -2.24. The highest BCUT2D eigenvalue weighted by atomic mass is 16.5. The minimum Gasteiger partial charge on any atom is -0.390 e. The molecule has 1 saturated heterocycles. The summed E-state index contributed by atoms with van der Waals surface area (Å²) in [6.07, 6.45) is 4.56. The summed E-state index contributed by atoms with van der Waals surface area (Å²) >= 11 is 0. The van der Waals surface area contributed by atoms with Crippen molar-refractivity contribution in [3.05, 3.63) is 18.2 Å². The lowest BCUT2D eigenvalue weighted by molar-refractivity contribution is 0.148. The Bertz CT molecular complexity index is 303. The summed E-state index contributed by atoms with van der Waals surface area (Å²) in [5, 5.41) is 9.07. The van der Waals surface area contributed by atoms with Gasteiger partial charge < -0.3 is 14.4 Å². The van der Waals surface area contributed by atoms with Crippen molar-refractivity contribution in [1.82, 2.24) is 9.55 Å². The first-order chi connectivity index (χ1) is 6.73. The summed E-state index contributed by atoms with van der Waals surface area (Å²) in [4.78, 5) is 4.03. The zero-order valence-electron chi connectivity index (χ0n) is 8.44. The van der Waals surface area contributed by atoms with E-state index in [1.165, 1.54) is 0 Å². The van der Waals surface area contributed by atoms with Crippen molar-refractivity contribution in [2.75, 3.05) is 13.2 Å². The van der Waals surface area contributed by atoms with Crippen molar-refractivity contribution in [3.63, 3.8) is 0 Å². The number of hydrogen-bond donors (Lipinski definition) is 1. The first-order valence-electron chi connectivity index (χ1n) is 4.91. The summed E-state index contributed by atoms with van der Waals surface area (Å²) < 4.78 is 7.39. The maximum absolute atomic E-state index is 9.07. The molecule has 0 amide bonds. The molecule has 4 nitrogen and oxygen atoms in total. The number of imidazole rings is 1. The molecule has 2 heterocycles. The molecule has 1 aromatic heterocycles. The second kappa shape index (κ2) is 3.71. The van der Waals surface area contributed by atoms with Crippen LogP contribution in [0.4, 0.5) is 0 Å². The van der Waals surface area contributed by atoms with E-state index in [4.69, 9.17) is 9.84 Å². The summed E-state index contributed by atoms with van der Waals surface area (Å²) in [5.41, 5.74) is 1.07. The SMILES string of the molecule is CC1(Cn2cncc2CO)CCOC1. The molecule has 0 saturated carbocycles. The van der Waals surface area contributed by atoms with E-state index in [9.17, 15) is 0 Å². The van der Waals surface area contributed by atoms with Gasteiger partial charge in [-0.05, 0) is 6.42 Å². The number of aromatic nitrogens is 2. The van der Waals surface area contributed by atoms with Crippen LogP contribution in [0, 0.1) is 5.41 Å². The third-order valence-electron chi connectivity index (χ3n) is 2.81. The molecular weight excluding hydrogens is 180 g/mol. The molecule has 0 bridgehead atoms. The van der Waals surface area contributed by atoms with Crippen molar-refractivity contribution in [3.8, 4) is 0 Å². The van der Waals surface area contributed by atoms with E-state index in [2.05, 4.69) is 11.9 Å². The van der Waals surface area contributed by atoms with Crippen molar-refractivity contribution < 1.29 is 9.84 Å². The average molecular weight is 196 g/mol. The Kier molecular flexibility index (Phi) is 2.56. The number of hydrogen-bond acceptors (Lipinski definition) is 3. The third kappa shape index (κ3) is 1.81. The van der Waals surface area contributed by atoms with Gasteiger partial charge >= 0.3 is 0 Å². The van der Waals surface area contributed by atoms with Crippen molar-refractivity contribution in [2.45, 2.75) is 26.5 Å². The van der Waals surface area contributed by atoms with E-state index in [0.717, 1.165) is 31.9 Å². The zero-order valence-corrected chi connectivity index (χ0v) is 8.44. The van der Waals surface area contributed by atoms with Gasteiger partial charge in [0, 0.05) is 18.6 Å². The van der Waals surface area contributed by atoms with Crippen molar-refractivity contribution in [1.29, 1.82) is 0 Å². The molecule has 4 heteroatoms. The van der Waals surface area contributed by atoms with Crippen LogP contribution in [0.3, 0.4) is 0 Å². The molecule has 0 radical (unpaired) electrons. The number of nitrogens with zero attached hydrogens (tertiary/aromatic N) is 2. The maximum Gasteiger partial charge on any atom is 0.0949 e. The van der Waals surface area contributed by atoms with Gasteiger partial charge in [0.05, 0.1) is 31.4 Å². The van der Waals surface area contributed by atoms with Crippen LogP contribution in [0.25, 0.3) is 0 Å². The first-order valence-corrected chi connectivity index (χ1v) is 4.91. The van der Waals surface area contributed by atoms with E-state index < -0.39 is 0 Å². The summed E-state index contributed by atoms with van der Waals surface area (Å²) in [6, 6.07) is 0. The molecule has 1 unspecified atom stereocenters. The molecule has 0 spiro atoms. The van der Waals surface area contributed by atoms with Crippen LogP contribution in [-0.4, -0.2) is 27.9 Å². The van der Waals surface area contributed by atoms with Gasteiger partial charge in [-0.15, -0.1) is 0 Å². The van der Waals surface area contributed by atoms with Crippen LogP contribution in [0.2, 0.25) is 0 Å². The molecule has 2 rings (SSSR count). The van der Waals surface area contributed by atoms with Gasteiger partial charge in [-0.2, -0.15) is 0 Å². The second-order valence-corrected chi connectivity index (χ2v) is 4.28. The van der Waals surface area contributed by atoms with E-state index in [1.54, 1.807) is 12.5 Å². The number of aliphatic hydroxyl groups excluding tert-OH is 1. The Morgan fingerprint density at radius 3 is 3.21 bits per heavy atom. The minimum atomic E-state index is 0.0525. The lowest BCUT2D eigenvalue weighted by Gasteiger charge is -2.22. The zero-order chi connectivity index (χ0) is 10.0. The number of ether oxygens (including phenoxy) is 1. The highest BCUT2D eigenvalue weighted by molar-refractivity contribution is 4.97. The van der Waals surface area contributed by atoms with Gasteiger partial charge in [0.25, 0.3) is 0 Å². The van der Waals surface area contributed by atoms with Crippen LogP contribution in [0.5, 0.6) is 0 Å². The van der Waals surface area contributed by atoms with E-state index in [-0.39, 0.29) is 12.0 Å². The van der Waals surface area contributed by atoms with E-state index >= 15 is 0 Å². The van der Waals surface area contributed by atoms with Gasteiger partial charge in [0.2, 0.25) is 0 Å². The third-order valence-corrected chi connectivity index (χ3v) is 2.81. The fraction of sp³-hybridized carbons (Fsp3) is 0.700. The molecule has 1 N–H and O–H groups in total. The molecule has 1 aromatic rings. The van der Waals surface area contributed by atoms with Gasteiger partial charge in [0.15, 0.2) is 0 Å². The van der Waals surface area contributed by atoms with Crippen molar-refractivity contribution in [2.24, 2.45) is 5.41 Å². The first kappa shape index (κ1) is 9.68. The highest BCUT2D eigenvalue weighted by Crippen LogP contribution is 2.29. The Hall–Kier alpha value is -0.870. The fourth-order valence-electron chi connectivity index (χ4n) is 1.87. The molecular formula is C10H16N2O2. The summed E-state index contributed by atoms with van der Waals surface area (Å²) in [6.45, 7) is 4.79. The van der Waals surface area contributed by atoms with Gasteiger partial charge in [-0.25, -0.2) is 4.98 Å².